The number of nitrogens with zero attached hydrogens (tertiary/aromatic N) is 1. The maximum Gasteiger partial charge on any atom is 0.417 e. The number of carbonyl (C=O) groups excluding carboxylic acids is 1. The molecule has 1 heterocycles. The first kappa shape index (κ1) is 18.7. The Morgan fingerprint density at radius 1 is 1.29 bits per heavy atom. The summed E-state index contributed by atoms with van der Waals surface area (Å²) in [5.74, 6) is -0.591. The van der Waals surface area contributed by atoms with Crippen LogP contribution in [-0.4, -0.2) is 38.4 Å². The summed E-state index contributed by atoms with van der Waals surface area (Å²) in [6.45, 7) is 0.0795. The average Bonchev–Trinajstić information content (AvgIpc) is 2.54. The second-order valence-corrected chi connectivity index (χ2v) is 7.40. The van der Waals surface area contributed by atoms with Crippen molar-refractivity contribution < 1.29 is 31.1 Å². The van der Waals surface area contributed by atoms with Crippen molar-refractivity contribution in [3.05, 3.63) is 29.8 Å². The first-order chi connectivity index (χ1) is 11.2. The van der Waals surface area contributed by atoms with E-state index in [1.807, 2.05) is 0 Å². The molecule has 0 N–H and O–H groups in total. The van der Waals surface area contributed by atoms with Gasteiger partial charge >= 0.3 is 12.1 Å². The molecule has 24 heavy (non-hydrogen) atoms. The maximum absolute atomic E-state index is 13.2. The molecule has 1 aromatic rings. The van der Waals surface area contributed by atoms with Crippen molar-refractivity contribution in [3.8, 4) is 0 Å². The molecule has 0 spiro atoms. The van der Waals surface area contributed by atoms with Crippen LogP contribution in [0, 0.1) is 0 Å². The lowest BCUT2D eigenvalue weighted by atomic mass is 10.0. The van der Waals surface area contributed by atoms with Gasteiger partial charge in [0.2, 0.25) is 10.0 Å². The third-order valence-electron chi connectivity index (χ3n) is 3.98. The Labute approximate surface area is 138 Å². The summed E-state index contributed by atoms with van der Waals surface area (Å²) < 4.78 is 70.6. The molecule has 0 saturated carbocycles. The van der Waals surface area contributed by atoms with Crippen molar-refractivity contribution in [1.82, 2.24) is 4.31 Å². The fourth-order valence-corrected chi connectivity index (χ4v) is 4.73. The number of ether oxygens (including phenoxy) is 1. The molecule has 1 aromatic carbocycles. The van der Waals surface area contributed by atoms with Crippen LogP contribution in [0.25, 0.3) is 0 Å². The van der Waals surface area contributed by atoms with Crippen molar-refractivity contribution in [2.45, 2.75) is 42.8 Å². The fourth-order valence-electron chi connectivity index (χ4n) is 2.82. The number of hydrogen-bond acceptors (Lipinski definition) is 4. The van der Waals surface area contributed by atoms with Crippen molar-refractivity contribution in [1.29, 1.82) is 0 Å². The van der Waals surface area contributed by atoms with E-state index in [9.17, 15) is 26.4 Å². The van der Waals surface area contributed by atoms with E-state index in [1.165, 1.54) is 13.2 Å². The van der Waals surface area contributed by atoms with Gasteiger partial charge in [-0.1, -0.05) is 18.6 Å². The van der Waals surface area contributed by atoms with Gasteiger partial charge < -0.3 is 4.74 Å². The minimum atomic E-state index is -4.78. The van der Waals surface area contributed by atoms with Crippen LogP contribution in [0.2, 0.25) is 0 Å². The number of sulfonamides is 1. The number of methoxy groups -OCH3 is 1. The molecule has 0 aromatic heterocycles. The smallest absolute Gasteiger partial charge is 0.417 e. The highest BCUT2D eigenvalue weighted by Gasteiger charge is 2.41. The van der Waals surface area contributed by atoms with Crippen LogP contribution in [0.3, 0.4) is 0 Å². The molecule has 1 fully saturated rings. The summed E-state index contributed by atoms with van der Waals surface area (Å²) in [6.07, 6.45) is -3.32. The van der Waals surface area contributed by atoms with Gasteiger partial charge in [0.25, 0.3) is 0 Å². The highest BCUT2D eigenvalue weighted by atomic mass is 32.2. The Hall–Kier alpha value is -1.61. The van der Waals surface area contributed by atoms with Gasteiger partial charge in [0.05, 0.1) is 24.0 Å². The Morgan fingerprint density at radius 2 is 1.96 bits per heavy atom. The van der Waals surface area contributed by atoms with E-state index in [-0.39, 0.29) is 13.0 Å². The summed E-state index contributed by atoms with van der Waals surface area (Å²) in [5.41, 5.74) is -1.20. The van der Waals surface area contributed by atoms with E-state index < -0.39 is 38.7 Å². The van der Waals surface area contributed by atoms with E-state index in [4.69, 9.17) is 0 Å². The number of carbonyl (C=O) groups is 1. The van der Waals surface area contributed by atoms with Crippen molar-refractivity contribution in [3.63, 3.8) is 0 Å². The van der Waals surface area contributed by atoms with Gasteiger partial charge in [0.15, 0.2) is 0 Å². The molecule has 1 aliphatic heterocycles. The zero-order valence-electron chi connectivity index (χ0n) is 13.0. The molecule has 1 aliphatic rings. The quantitative estimate of drug-likeness (QED) is 0.770. The SMILES string of the molecule is COC(=O)CC1CCCCN1S(=O)(=O)c1ccccc1C(F)(F)F. The minimum absolute atomic E-state index is 0.0795. The molecule has 1 atom stereocenters. The van der Waals surface area contributed by atoms with Crippen LogP contribution < -0.4 is 0 Å². The molecule has 5 nitrogen and oxygen atoms in total. The number of benzene rings is 1. The highest BCUT2D eigenvalue weighted by molar-refractivity contribution is 7.89. The molecule has 1 saturated heterocycles. The number of piperidine rings is 1. The van der Waals surface area contributed by atoms with Crippen LogP contribution in [0.15, 0.2) is 29.2 Å². The van der Waals surface area contributed by atoms with E-state index >= 15 is 0 Å². The third-order valence-corrected chi connectivity index (χ3v) is 5.99. The lowest BCUT2D eigenvalue weighted by Gasteiger charge is -2.34. The Kier molecular flexibility index (Phi) is 5.54. The Balaban J connectivity index is 2.43. The zero-order chi connectivity index (χ0) is 18.0. The fraction of sp³-hybridized carbons (Fsp3) is 0.533. The number of rotatable bonds is 4. The van der Waals surface area contributed by atoms with Crippen LogP contribution in [-0.2, 0) is 25.7 Å². The van der Waals surface area contributed by atoms with Crippen molar-refractivity contribution >= 4 is 16.0 Å². The minimum Gasteiger partial charge on any atom is -0.469 e. The second kappa shape index (κ2) is 7.10. The normalized spacial score (nSPS) is 19.9. The molecular formula is C15H18F3NO4S. The molecule has 2 rings (SSSR count). The molecule has 9 heteroatoms. The third kappa shape index (κ3) is 3.89. The van der Waals surface area contributed by atoms with Gasteiger partial charge in [-0.05, 0) is 25.0 Å². The van der Waals surface area contributed by atoms with Crippen molar-refractivity contribution in [2.24, 2.45) is 0 Å². The number of esters is 1. The molecule has 0 aliphatic carbocycles. The first-order valence-electron chi connectivity index (χ1n) is 7.43. The second-order valence-electron chi connectivity index (χ2n) is 5.54. The molecular weight excluding hydrogens is 347 g/mol. The van der Waals surface area contributed by atoms with Crippen LogP contribution >= 0.6 is 0 Å². The maximum atomic E-state index is 13.2. The van der Waals surface area contributed by atoms with E-state index in [1.54, 1.807) is 0 Å². The van der Waals surface area contributed by atoms with Crippen molar-refractivity contribution in [2.75, 3.05) is 13.7 Å². The lowest BCUT2D eigenvalue weighted by Crippen LogP contribution is -2.45. The Morgan fingerprint density at radius 3 is 2.58 bits per heavy atom. The summed E-state index contributed by atoms with van der Waals surface area (Å²) in [5, 5.41) is 0. The summed E-state index contributed by atoms with van der Waals surface area (Å²) in [4.78, 5) is 10.7. The monoisotopic (exact) mass is 365 g/mol. The predicted molar refractivity (Wildman–Crippen MR) is 79.6 cm³/mol. The number of alkyl halides is 3. The molecule has 134 valence electrons. The highest BCUT2D eigenvalue weighted by Crippen LogP contribution is 2.36. The molecule has 0 radical (unpaired) electrons. The topological polar surface area (TPSA) is 63.7 Å². The van der Waals surface area contributed by atoms with Gasteiger partial charge in [-0.2, -0.15) is 17.5 Å². The largest absolute Gasteiger partial charge is 0.469 e. The van der Waals surface area contributed by atoms with Gasteiger partial charge in [0.1, 0.15) is 0 Å². The lowest BCUT2D eigenvalue weighted by molar-refractivity contribution is -0.142. The summed E-state index contributed by atoms with van der Waals surface area (Å²) >= 11 is 0. The summed E-state index contributed by atoms with van der Waals surface area (Å²) in [7, 11) is -3.19. The van der Waals surface area contributed by atoms with Crippen LogP contribution in [0.4, 0.5) is 13.2 Å². The average molecular weight is 365 g/mol. The Bertz CT molecular complexity index is 703. The molecule has 0 amide bonds. The number of halogens is 3. The zero-order valence-corrected chi connectivity index (χ0v) is 13.9. The number of hydrogen-bond donors (Lipinski definition) is 0. The van der Waals surface area contributed by atoms with E-state index in [2.05, 4.69) is 4.74 Å². The first-order valence-corrected chi connectivity index (χ1v) is 8.87. The van der Waals surface area contributed by atoms with Crippen LogP contribution in [0.1, 0.15) is 31.2 Å². The predicted octanol–water partition coefficient (Wildman–Crippen LogP) is 2.81. The van der Waals surface area contributed by atoms with Crippen LogP contribution in [0.5, 0.6) is 0 Å². The molecule has 1 unspecified atom stereocenters. The van der Waals surface area contributed by atoms with Gasteiger partial charge in [-0.15, -0.1) is 0 Å². The van der Waals surface area contributed by atoms with E-state index in [0.717, 1.165) is 22.5 Å². The van der Waals surface area contributed by atoms with E-state index in [0.29, 0.717) is 19.3 Å². The summed E-state index contributed by atoms with van der Waals surface area (Å²) in [6, 6.07) is 3.39. The van der Waals surface area contributed by atoms with Gasteiger partial charge in [-0.25, -0.2) is 8.42 Å². The standard InChI is InChI=1S/C15H18F3NO4S/c1-23-14(20)10-11-6-4-5-9-19(11)24(21,22)13-8-3-2-7-12(13)15(16,17)18/h2-3,7-8,11H,4-6,9-10H2,1H3. The molecule has 0 bridgehead atoms. The van der Waals surface area contributed by atoms with Gasteiger partial charge in [0, 0.05) is 12.6 Å². The van der Waals surface area contributed by atoms with Gasteiger partial charge in [-0.3, -0.25) is 4.79 Å².